The minimum Gasteiger partial charge on any atom is -0.398 e. The molecule has 1 amide bonds. The fourth-order valence-corrected chi connectivity index (χ4v) is 3.42. The molecule has 0 aromatic heterocycles. The maximum atomic E-state index is 12.6. The van der Waals surface area contributed by atoms with Gasteiger partial charge in [0.05, 0.1) is 10.5 Å². The number of hydrogen-bond acceptors (Lipinski definition) is 5. The molecular formula is C15H20N4O3. The number of non-ortho nitro benzene ring substituents is 1. The van der Waals surface area contributed by atoms with E-state index >= 15 is 0 Å². The van der Waals surface area contributed by atoms with E-state index in [1.165, 1.54) is 18.2 Å². The Bertz CT molecular complexity index is 601. The molecule has 2 fully saturated rings. The van der Waals surface area contributed by atoms with Crippen LogP contribution in [0.5, 0.6) is 0 Å². The Hall–Kier alpha value is -2.15. The predicted molar refractivity (Wildman–Crippen MR) is 82.6 cm³/mol. The molecule has 1 aromatic carbocycles. The molecule has 3 N–H and O–H groups in total. The number of anilines is 1. The second-order valence-corrected chi connectivity index (χ2v) is 6.25. The van der Waals surface area contributed by atoms with Crippen LogP contribution < -0.4 is 11.1 Å². The SMILES string of the molecule is Nc1ccc([N+](=O)[O-])cc1C(=O)N1CCC2(CCNC2)CC1. The molecule has 2 saturated heterocycles. The van der Waals surface area contributed by atoms with Gasteiger partial charge in [0.15, 0.2) is 0 Å². The van der Waals surface area contributed by atoms with Crippen molar-refractivity contribution in [3.8, 4) is 0 Å². The van der Waals surface area contributed by atoms with Crippen molar-refractivity contribution in [2.24, 2.45) is 5.41 Å². The van der Waals surface area contributed by atoms with Gasteiger partial charge in [0.1, 0.15) is 0 Å². The Morgan fingerprint density at radius 3 is 2.64 bits per heavy atom. The zero-order valence-electron chi connectivity index (χ0n) is 12.4. The highest BCUT2D eigenvalue weighted by Crippen LogP contribution is 2.37. The summed E-state index contributed by atoms with van der Waals surface area (Å²) < 4.78 is 0. The Kier molecular flexibility index (Phi) is 3.74. The normalized spacial score (nSPS) is 20.3. The quantitative estimate of drug-likeness (QED) is 0.488. The molecule has 0 aliphatic carbocycles. The van der Waals surface area contributed by atoms with Gasteiger partial charge in [0.2, 0.25) is 0 Å². The zero-order chi connectivity index (χ0) is 15.7. The van der Waals surface area contributed by atoms with Crippen molar-refractivity contribution in [2.75, 3.05) is 31.9 Å². The first kappa shape index (κ1) is 14.8. The Balaban J connectivity index is 1.75. The number of benzene rings is 1. The number of amides is 1. The van der Waals surface area contributed by atoms with Gasteiger partial charge in [-0.15, -0.1) is 0 Å². The number of nitrogens with zero attached hydrogens (tertiary/aromatic N) is 2. The third kappa shape index (κ3) is 2.64. The lowest BCUT2D eigenvalue weighted by molar-refractivity contribution is -0.384. The Labute approximate surface area is 128 Å². The molecule has 0 saturated carbocycles. The first-order valence-electron chi connectivity index (χ1n) is 7.55. The number of nitrogens with one attached hydrogen (secondary N) is 1. The van der Waals surface area contributed by atoms with E-state index in [2.05, 4.69) is 5.32 Å². The monoisotopic (exact) mass is 304 g/mol. The summed E-state index contributed by atoms with van der Waals surface area (Å²) in [6.45, 7) is 3.44. The van der Waals surface area contributed by atoms with E-state index in [1.807, 2.05) is 0 Å². The van der Waals surface area contributed by atoms with E-state index < -0.39 is 4.92 Å². The van der Waals surface area contributed by atoms with Gasteiger partial charge in [-0.25, -0.2) is 0 Å². The highest BCUT2D eigenvalue weighted by molar-refractivity contribution is 5.99. The largest absolute Gasteiger partial charge is 0.398 e. The van der Waals surface area contributed by atoms with Crippen LogP contribution in [0.2, 0.25) is 0 Å². The van der Waals surface area contributed by atoms with E-state index in [0.29, 0.717) is 24.2 Å². The summed E-state index contributed by atoms with van der Waals surface area (Å²) >= 11 is 0. The summed E-state index contributed by atoms with van der Waals surface area (Å²) in [5.74, 6) is -0.206. The highest BCUT2D eigenvalue weighted by Gasteiger charge is 2.38. The number of carbonyl (C=O) groups is 1. The second kappa shape index (κ2) is 5.57. The molecule has 118 valence electrons. The summed E-state index contributed by atoms with van der Waals surface area (Å²) in [6.07, 6.45) is 3.11. The van der Waals surface area contributed by atoms with Gasteiger partial charge in [-0.2, -0.15) is 0 Å². The van der Waals surface area contributed by atoms with Gasteiger partial charge in [-0.05, 0) is 37.3 Å². The molecule has 0 atom stereocenters. The van der Waals surface area contributed by atoms with Crippen LogP contribution in [0.15, 0.2) is 18.2 Å². The Morgan fingerprint density at radius 2 is 2.05 bits per heavy atom. The summed E-state index contributed by atoms with van der Waals surface area (Å²) in [5, 5.41) is 14.3. The minimum absolute atomic E-state index is 0.106. The summed E-state index contributed by atoms with van der Waals surface area (Å²) in [4.78, 5) is 24.7. The molecule has 3 rings (SSSR count). The van der Waals surface area contributed by atoms with Crippen LogP contribution in [0.3, 0.4) is 0 Å². The first-order valence-corrected chi connectivity index (χ1v) is 7.55. The average Bonchev–Trinajstić information content (AvgIpc) is 2.96. The van der Waals surface area contributed by atoms with E-state index in [1.54, 1.807) is 4.90 Å². The maximum absolute atomic E-state index is 12.6. The lowest BCUT2D eigenvalue weighted by Crippen LogP contribution is -2.44. The van der Waals surface area contributed by atoms with E-state index in [0.717, 1.165) is 32.4 Å². The molecule has 2 heterocycles. The van der Waals surface area contributed by atoms with Crippen LogP contribution in [0, 0.1) is 15.5 Å². The van der Waals surface area contributed by atoms with Crippen LogP contribution in [0.4, 0.5) is 11.4 Å². The molecule has 1 aromatic rings. The zero-order valence-corrected chi connectivity index (χ0v) is 12.4. The highest BCUT2D eigenvalue weighted by atomic mass is 16.6. The van der Waals surface area contributed by atoms with Crippen LogP contribution in [0.1, 0.15) is 29.6 Å². The number of nitro benzene ring substituents is 1. The summed E-state index contributed by atoms with van der Waals surface area (Å²) in [5.41, 5.74) is 6.57. The smallest absolute Gasteiger partial charge is 0.270 e. The molecule has 2 aliphatic rings. The number of nitro groups is 1. The molecule has 1 spiro atoms. The van der Waals surface area contributed by atoms with E-state index in [9.17, 15) is 14.9 Å². The number of nitrogen functional groups attached to an aromatic ring is 1. The number of nitrogens with two attached hydrogens (primary N) is 1. The maximum Gasteiger partial charge on any atom is 0.270 e. The third-order valence-corrected chi connectivity index (χ3v) is 4.92. The molecular weight excluding hydrogens is 284 g/mol. The standard InChI is InChI=1S/C15H20N4O3/c16-13-2-1-11(19(21)22)9-12(13)14(20)18-7-4-15(5-8-18)3-6-17-10-15/h1-2,9,17H,3-8,10,16H2. The van der Waals surface area contributed by atoms with Gasteiger partial charge in [-0.3, -0.25) is 14.9 Å². The fraction of sp³-hybridized carbons (Fsp3) is 0.533. The molecule has 22 heavy (non-hydrogen) atoms. The molecule has 2 aliphatic heterocycles. The van der Waals surface area contributed by atoms with Crippen molar-refractivity contribution in [1.82, 2.24) is 10.2 Å². The van der Waals surface area contributed by atoms with Crippen molar-refractivity contribution in [3.63, 3.8) is 0 Å². The Morgan fingerprint density at radius 1 is 1.32 bits per heavy atom. The van der Waals surface area contributed by atoms with E-state index in [4.69, 9.17) is 5.73 Å². The lowest BCUT2D eigenvalue weighted by Gasteiger charge is -2.39. The lowest BCUT2D eigenvalue weighted by atomic mass is 9.78. The second-order valence-electron chi connectivity index (χ2n) is 6.25. The fourth-order valence-electron chi connectivity index (χ4n) is 3.42. The van der Waals surface area contributed by atoms with Gasteiger partial charge < -0.3 is 16.0 Å². The number of hydrogen-bond donors (Lipinski definition) is 2. The van der Waals surface area contributed by atoms with Crippen molar-refractivity contribution < 1.29 is 9.72 Å². The molecule has 0 unspecified atom stereocenters. The van der Waals surface area contributed by atoms with Crippen LogP contribution in [0.25, 0.3) is 0 Å². The summed E-state index contributed by atoms with van der Waals surface area (Å²) in [7, 11) is 0. The average molecular weight is 304 g/mol. The van der Waals surface area contributed by atoms with Crippen molar-refractivity contribution in [2.45, 2.75) is 19.3 Å². The van der Waals surface area contributed by atoms with Crippen LogP contribution >= 0.6 is 0 Å². The number of carbonyl (C=O) groups excluding carboxylic acids is 1. The van der Waals surface area contributed by atoms with Gasteiger partial charge in [0, 0.05) is 37.5 Å². The predicted octanol–water partition coefficient (Wildman–Crippen LogP) is 1.39. The number of piperidine rings is 1. The third-order valence-electron chi connectivity index (χ3n) is 4.92. The van der Waals surface area contributed by atoms with Crippen LogP contribution in [-0.4, -0.2) is 41.9 Å². The van der Waals surface area contributed by atoms with Crippen LogP contribution in [-0.2, 0) is 0 Å². The van der Waals surface area contributed by atoms with E-state index in [-0.39, 0.29) is 17.2 Å². The molecule has 7 nitrogen and oxygen atoms in total. The number of likely N-dealkylation sites (tertiary alicyclic amines) is 1. The van der Waals surface area contributed by atoms with Crippen molar-refractivity contribution in [3.05, 3.63) is 33.9 Å². The number of rotatable bonds is 2. The summed E-state index contributed by atoms with van der Waals surface area (Å²) in [6, 6.07) is 4.03. The topological polar surface area (TPSA) is 101 Å². The molecule has 0 bridgehead atoms. The first-order chi connectivity index (χ1) is 10.5. The minimum atomic E-state index is -0.508. The van der Waals surface area contributed by atoms with Gasteiger partial charge in [-0.1, -0.05) is 0 Å². The molecule has 0 radical (unpaired) electrons. The van der Waals surface area contributed by atoms with Crippen molar-refractivity contribution in [1.29, 1.82) is 0 Å². The molecule has 7 heteroatoms. The van der Waals surface area contributed by atoms with Gasteiger partial charge in [0.25, 0.3) is 11.6 Å². The van der Waals surface area contributed by atoms with Gasteiger partial charge >= 0.3 is 0 Å². The van der Waals surface area contributed by atoms with Crippen molar-refractivity contribution >= 4 is 17.3 Å².